The summed E-state index contributed by atoms with van der Waals surface area (Å²) in [5.74, 6) is -0.159. The van der Waals surface area contributed by atoms with E-state index in [0.29, 0.717) is 10.7 Å². The number of nitrogens with two attached hydrogens (primary N) is 2. The van der Waals surface area contributed by atoms with Gasteiger partial charge in [-0.15, -0.1) is 0 Å². The Bertz CT molecular complexity index is 532. The van der Waals surface area contributed by atoms with Gasteiger partial charge in [0.25, 0.3) is 0 Å². The standard InChI is InChI=1S/C15H24N4OS2/c1-15(2,21-4)12(18-3)13(20)19-14(22-17)11(16)10-8-6-5-7-9-10/h5-9,12,18H,16-17H2,1-4H3,(H,19,20)/b14-11-/t12-/m1/s1. The molecule has 0 unspecified atom stereocenters. The van der Waals surface area contributed by atoms with E-state index >= 15 is 0 Å². The van der Waals surface area contributed by atoms with Gasteiger partial charge in [0.2, 0.25) is 5.91 Å². The molecule has 0 aliphatic heterocycles. The van der Waals surface area contributed by atoms with E-state index in [0.717, 1.165) is 17.5 Å². The Balaban J connectivity index is 3.01. The maximum atomic E-state index is 12.5. The molecule has 1 aromatic carbocycles. The third-order valence-corrected chi connectivity index (χ3v) is 5.30. The molecular weight excluding hydrogens is 316 g/mol. The highest BCUT2D eigenvalue weighted by Crippen LogP contribution is 2.26. The van der Waals surface area contributed by atoms with E-state index in [1.54, 1.807) is 18.8 Å². The largest absolute Gasteiger partial charge is 0.396 e. The Morgan fingerprint density at radius 2 is 1.86 bits per heavy atom. The van der Waals surface area contributed by atoms with Gasteiger partial charge >= 0.3 is 0 Å². The minimum absolute atomic E-state index is 0.159. The van der Waals surface area contributed by atoms with Crippen molar-refractivity contribution < 1.29 is 4.79 Å². The first-order valence-corrected chi connectivity index (χ1v) is 8.93. The van der Waals surface area contributed by atoms with E-state index in [9.17, 15) is 4.79 Å². The number of carbonyl (C=O) groups excluding carboxylic acids is 1. The Hall–Kier alpha value is -1.15. The summed E-state index contributed by atoms with van der Waals surface area (Å²) in [6.07, 6.45) is 1.98. The zero-order valence-corrected chi connectivity index (χ0v) is 15.0. The summed E-state index contributed by atoms with van der Waals surface area (Å²) >= 11 is 2.55. The molecule has 1 atom stereocenters. The molecule has 7 heteroatoms. The quantitative estimate of drug-likeness (QED) is 0.565. The Labute approximate surface area is 140 Å². The van der Waals surface area contributed by atoms with Gasteiger partial charge in [-0.2, -0.15) is 11.8 Å². The Morgan fingerprint density at radius 1 is 1.27 bits per heavy atom. The molecule has 1 amide bonds. The summed E-state index contributed by atoms with van der Waals surface area (Å²) in [6.45, 7) is 4.02. The molecule has 0 aromatic heterocycles. The van der Waals surface area contributed by atoms with Gasteiger partial charge in [0.05, 0.1) is 5.70 Å². The molecule has 0 heterocycles. The first kappa shape index (κ1) is 18.9. The predicted octanol–water partition coefficient (Wildman–Crippen LogP) is 1.72. The van der Waals surface area contributed by atoms with Crippen LogP contribution in [0.2, 0.25) is 0 Å². The summed E-state index contributed by atoms with van der Waals surface area (Å²) in [7, 11) is 1.77. The second-order valence-electron chi connectivity index (χ2n) is 5.25. The second kappa shape index (κ2) is 8.47. The zero-order valence-electron chi connectivity index (χ0n) is 13.3. The smallest absolute Gasteiger partial charge is 0.243 e. The van der Waals surface area contributed by atoms with Crippen molar-refractivity contribution in [2.75, 3.05) is 13.3 Å². The molecule has 0 radical (unpaired) electrons. The number of carbonyl (C=O) groups is 1. The number of hydrogen-bond acceptors (Lipinski definition) is 6. The van der Waals surface area contributed by atoms with Crippen LogP contribution >= 0.6 is 23.7 Å². The lowest BCUT2D eigenvalue weighted by molar-refractivity contribution is -0.122. The topological polar surface area (TPSA) is 93.2 Å². The number of likely N-dealkylation sites (N-methyl/N-ethyl adjacent to an activating group) is 1. The third-order valence-electron chi connectivity index (χ3n) is 3.46. The first-order valence-electron chi connectivity index (χ1n) is 6.82. The molecule has 0 aliphatic rings. The molecule has 0 aliphatic carbocycles. The fourth-order valence-electron chi connectivity index (χ4n) is 2.01. The summed E-state index contributed by atoms with van der Waals surface area (Å²) < 4.78 is -0.259. The minimum atomic E-state index is -0.367. The zero-order chi connectivity index (χ0) is 16.8. The fourth-order valence-corrected chi connectivity index (χ4v) is 2.87. The van der Waals surface area contributed by atoms with Crippen LogP contribution in [0.25, 0.3) is 5.70 Å². The third kappa shape index (κ3) is 4.67. The lowest BCUT2D eigenvalue weighted by atomic mass is 10.0. The van der Waals surface area contributed by atoms with Crippen molar-refractivity contribution in [1.82, 2.24) is 10.6 Å². The summed E-state index contributed by atoms with van der Waals surface area (Å²) in [4.78, 5) is 12.5. The number of nitrogens with one attached hydrogen (secondary N) is 2. The highest BCUT2D eigenvalue weighted by atomic mass is 32.2. The van der Waals surface area contributed by atoms with Gasteiger partial charge in [-0.05, 0) is 39.1 Å². The molecule has 122 valence electrons. The molecule has 0 bridgehead atoms. The summed E-state index contributed by atoms with van der Waals surface area (Å²) in [5, 5.41) is 12.0. The van der Waals surface area contributed by atoms with Gasteiger partial charge in [-0.25, -0.2) is 0 Å². The minimum Gasteiger partial charge on any atom is -0.396 e. The fraction of sp³-hybridized carbons (Fsp3) is 0.400. The average molecular weight is 341 g/mol. The van der Waals surface area contributed by atoms with Crippen LogP contribution in [0.4, 0.5) is 0 Å². The maximum Gasteiger partial charge on any atom is 0.243 e. The molecular formula is C15H24N4OS2. The van der Waals surface area contributed by atoms with Crippen LogP contribution in [0.3, 0.4) is 0 Å². The van der Waals surface area contributed by atoms with Crippen molar-refractivity contribution >= 4 is 35.3 Å². The van der Waals surface area contributed by atoms with E-state index in [4.69, 9.17) is 10.9 Å². The molecule has 0 fully saturated rings. The van der Waals surface area contributed by atoms with Crippen LogP contribution in [-0.2, 0) is 4.79 Å². The molecule has 1 rings (SSSR count). The van der Waals surface area contributed by atoms with Crippen LogP contribution in [0.1, 0.15) is 19.4 Å². The molecule has 0 saturated carbocycles. The van der Waals surface area contributed by atoms with Crippen LogP contribution < -0.4 is 21.5 Å². The highest BCUT2D eigenvalue weighted by Gasteiger charge is 2.33. The van der Waals surface area contributed by atoms with Gasteiger partial charge in [-0.1, -0.05) is 30.3 Å². The molecule has 0 saturated heterocycles. The number of rotatable bonds is 7. The van der Waals surface area contributed by atoms with Crippen molar-refractivity contribution in [3.05, 3.63) is 40.9 Å². The number of amides is 1. The Morgan fingerprint density at radius 3 is 2.32 bits per heavy atom. The van der Waals surface area contributed by atoms with Crippen LogP contribution in [-0.4, -0.2) is 30.0 Å². The normalized spacial score (nSPS) is 14.2. The van der Waals surface area contributed by atoms with Crippen LogP contribution in [0, 0.1) is 0 Å². The molecule has 22 heavy (non-hydrogen) atoms. The second-order valence-corrected chi connectivity index (χ2v) is 7.35. The van der Waals surface area contributed by atoms with Crippen LogP contribution in [0.5, 0.6) is 0 Å². The number of hydrogen-bond donors (Lipinski definition) is 4. The van der Waals surface area contributed by atoms with Crippen molar-refractivity contribution in [2.45, 2.75) is 24.6 Å². The van der Waals surface area contributed by atoms with E-state index in [1.165, 1.54) is 0 Å². The van der Waals surface area contributed by atoms with Crippen LogP contribution in [0.15, 0.2) is 35.4 Å². The van der Waals surface area contributed by atoms with Crippen molar-refractivity contribution in [2.24, 2.45) is 10.9 Å². The monoisotopic (exact) mass is 340 g/mol. The van der Waals surface area contributed by atoms with E-state index < -0.39 is 0 Å². The first-order chi connectivity index (χ1) is 10.4. The lowest BCUT2D eigenvalue weighted by Crippen LogP contribution is -2.53. The van der Waals surface area contributed by atoms with Gasteiger partial charge in [-0.3, -0.25) is 9.93 Å². The molecule has 5 nitrogen and oxygen atoms in total. The van der Waals surface area contributed by atoms with Gasteiger partial charge in [0, 0.05) is 10.3 Å². The van der Waals surface area contributed by atoms with Gasteiger partial charge in [0.1, 0.15) is 11.1 Å². The molecule has 6 N–H and O–H groups in total. The van der Waals surface area contributed by atoms with Gasteiger partial charge in [0.15, 0.2) is 0 Å². The van der Waals surface area contributed by atoms with E-state index in [1.807, 2.05) is 50.4 Å². The van der Waals surface area contributed by atoms with Crippen molar-refractivity contribution in [3.63, 3.8) is 0 Å². The summed E-state index contributed by atoms with van der Waals surface area (Å²) in [5.41, 5.74) is 7.40. The van der Waals surface area contributed by atoms with E-state index in [-0.39, 0.29) is 16.7 Å². The van der Waals surface area contributed by atoms with E-state index in [2.05, 4.69) is 10.6 Å². The van der Waals surface area contributed by atoms with Crippen molar-refractivity contribution in [3.8, 4) is 0 Å². The van der Waals surface area contributed by atoms with Crippen molar-refractivity contribution in [1.29, 1.82) is 0 Å². The highest BCUT2D eigenvalue weighted by molar-refractivity contribution is 8.01. The van der Waals surface area contributed by atoms with Gasteiger partial charge < -0.3 is 16.4 Å². The average Bonchev–Trinajstić information content (AvgIpc) is 2.53. The number of thioether (sulfide) groups is 1. The summed E-state index contributed by atoms with van der Waals surface area (Å²) in [6, 6.07) is 9.06. The lowest BCUT2D eigenvalue weighted by Gasteiger charge is -2.31. The Kier molecular flexibility index (Phi) is 7.28. The number of benzene rings is 1. The maximum absolute atomic E-state index is 12.5. The predicted molar refractivity (Wildman–Crippen MR) is 97.9 cm³/mol. The SMILES string of the molecule is CN[C@H](C(=O)N/C(SN)=C(/N)c1ccccc1)C(C)(C)SC. The molecule has 1 aromatic rings. The molecule has 0 spiro atoms.